The number of hydrogen-bond acceptors (Lipinski definition) is 14. The molecule has 6 atom stereocenters. The molecule has 0 rings (SSSR count). The van der Waals surface area contributed by atoms with Gasteiger partial charge in [-0.15, -0.1) is 0 Å². The van der Waals surface area contributed by atoms with Gasteiger partial charge in [0.05, 0.1) is 0 Å². The lowest BCUT2D eigenvalue weighted by Crippen LogP contribution is -2.59. The van der Waals surface area contributed by atoms with Crippen LogP contribution in [0.1, 0.15) is 77.6 Å². The number of nitrogens with zero attached hydrogens (tertiary/aromatic N) is 2. The lowest BCUT2D eigenvalue weighted by molar-refractivity contribution is -0.192. The van der Waals surface area contributed by atoms with E-state index in [1.54, 1.807) is 6.26 Å². The van der Waals surface area contributed by atoms with Gasteiger partial charge in [0.2, 0.25) is 47.3 Å². The van der Waals surface area contributed by atoms with Gasteiger partial charge in [0.25, 0.3) is 0 Å². The Bertz CT molecular complexity index is 1820. The van der Waals surface area contributed by atoms with Crippen LogP contribution in [0.4, 0.5) is 13.2 Å². The molecule has 0 radical (unpaired) electrons. The second-order valence-corrected chi connectivity index (χ2v) is 15.3. The Balaban J connectivity index is 0. The third-order valence-electron chi connectivity index (χ3n) is 8.60. The molecule has 0 fully saturated rings. The van der Waals surface area contributed by atoms with Crippen molar-refractivity contribution in [1.82, 2.24) is 31.9 Å². The van der Waals surface area contributed by atoms with E-state index in [0.717, 1.165) is 6.92 Å². The molecule has 0 aromatic rings. The summed E-state index contributed by atoms with van der Waals surface area (Å²) < 4.78 is 31.7. The molecule has 0 aliphatic rings. The molecule has 28 nitrogen and oxygen atoms in total. The number of halogens is 3. The number of thioether (sulfide) groups is 1. The molecule has 0 spiro atoms. The molecule has 0 heterocycles. The fraction of sp³-hybridized carbons (Fsp3) is 0.639. The van der Waals surface area contributed by atoms with E-state index in [4.69, 9.17) is 49.4 Å². The predicted octanol–water partition coefficient (Wildman–Crippen LogP) is -5.11. The zero-order valence-corrected chi connectivity index (χ0v) is 37.9. The zero-order chi connectivity index (χ0) is 52.7. The molecule has 32 heteroatoms. The van der Waals surface area contributed by atoms with Crippen LogP contribution >= 0.6 is 11.8 Å². The minimum Gasteiger partial charge on any atom is -0.481 e. The number of guanidine groups is 2. The van der Waals surface area contributed by atoms with Crippen molar-refractivity contribution < 1.29 is 81.2 Å². The molecular weight excluding hydrogens is 942 g/mol. The Hall–Kier alpha value is -7.15. The quantitative estimate of drug-likeness (QED) is 0.0170. The third kappa shape index (κ3) is 30.9. The monoisotopic (exact) mass is 1000 g/mol. The average molecular weight is 1000 g/mol. The number of rotatable bonds is 32. The topological polar surface area (TPSA) is 501 Å². The number of carbonyl (C=O) groups excluding carboxylic acids is 8. The van der Waals surface area contributed by atoms with Gasteiger partial charge in [-0.1, -0.05) is 0 Å². The Labute approximate surface area is 390 Å². The van der Waals surface area contributed by atoms with Crippen LogP contribution < -0.4 is 66.3 Å². The summed E-state index contributed by atoms with van der Waals surface area (Å²) in [6.07, 6.45) is -6.00. The smallest absolute Gasteiger partial charge is 0.481 e. The number of hydrogen-bond donors (Lipinski definition) is 15. The van der Waals surface area contributed by atoms with E-state index in [0.29, 0.717) is 0 Å². The van der Waals surface area contributed by atoms with Crippen molar-refractivity contribution >= 4 is 88.8 Å². The van der Waals surface area contributed by atoms with Gasteiger partial charge in [0.1, 0.15) is 36.3 Å². The average Bonchev–Trinajstić information content (AvgIpc) is 3.21. The number of carboxylic acids is 3. The first-order chi connectivity index (χ1) is 31.5. The highest BCUT2D eigenvalue weighted by atomic mass is 32.2. The lowest BCUT2D eigenvalue weighted by atomic mass is 10.0. The Morgan fingerprint density at radius 3 is 1.12 bits per heavy atom. The van der Waals surface area contributed by atoms with Crippen molar-refractivity contribution in [2.24, 2.45) is 44.4 Å². The summed E-state index contributed by atoms with van der Waals surface area (Å²) in [7, 11) is 0. The van der Waals surface area contributed by atoms with Crippen LogP contribution in [0.3, 0.4) is 0 Å². The van der Waals surface area contributed by atoms with Crippen LogP contribution in [0.5, 0.6) is 0 Å². The minimum absolute atomic E-state index is 0.0222. The summed E-state index contributed by atoms with van der Waals surface area (Å²) in [4.78, 5) is 143. The van der Waals surface area contributed by atoms with Crippen molar-refractivity contribution in [3.05, 3.63) is 0 Å². The SMILES string of the molecule is CSCC[C@H](NC(=O)[C@H](CCC(=O)O)NC(=O)[C@H](CCC(=O)O)NC(C)=O)C(=O)N[C@@H](CCC(N)=O)C(=O)N[C@@H](CCCN=C(N)N)C(=O)N[C@@H](CCCN=C(N)N)C(N)=O.O=C(O)C(F)(F)F. The number of aliphatic imine (C=N–C) groups is 2. The predicted molar refractivity (Wildman–Crippen MR) is 235 cm³/mol. The standard InChI is InChI=1S/C34H60N14O12S.C2HF3O2/c1-17(49)43-20(8-11-25(51)52)29(57)47-22(9-12-26(53)54)31(59)48-23(13-16-61-2)32(60)46-21(7-10-24(35)50)30(58)45-19(6-4-15-42-34(39)40)28(56)44-18(27(36)55)5-3-14-41-33(37)38;3-2(4,5)1(6)7/h18-23H,3-16H2,1-2H3,(H2,35,50)(H2,36,55)(H,43,49)(H,44,56)(H,45,58)(H,46,60)(H,47,57)(H,48,59)(H,51,52)(H,53,54)(H4,37,38,41)(H4,39,40,42);(H,6,7)/t18-,19-,20-,21-,22-,23-;/m0./s1. The second kappa shape index (κ2) is 33.3. The van der Waals surface area contributed by atoms with Gasteiger partial charge in [-0.05, 0) is 63.4 Å². The van der Waals surface area contributed by atoms with Crippen LogP contribution in [0.15, 0.2) is 9.98 Å². The largest absolute Gasteiger partial charge is 0.490 e. The van der Waals surface area contributed by atoms with Crippen LogP contribution in [0.2, 0.25) is 0 Å². The summed E-state index contributed by atoms with van der Waals surface area (Å²) in [5.41, 5.74) is 32.3. The van der Waals surface area contributed by atoms with Gasteiger partial charge in [-0.25, -0.2) is 4.79 Å². The number of carboxylic acid groups (broad SMARTS) is 3. The van der Waals surface area contributed by atoms with Crippen LogP contribution in [-0.2, 0) is 52.7 Å². The minimum atomic E-state index is -5.08. The highest BCUT2D eigenvalue weighted by Gasteiger charge is 2.38. The Morgan fingerprint density at radius 2 is 0.824 bits per heavy atom. The molecular formula is C36H61F3N14O14S. The molecule has 0 bridgehead atoms. The van der Waals surface area contributed by atoms with E-state index in [2.05, 4.69) is 41.9 Å². The van der Waals surface area contributed by atoms with E-state index < -0.39 is 133 Å². The number of alkyl halides is 3. The second-order valence-electron chi connectivity index (χ2n) is 14.3. The maximum atomic E-state index is 13.8. The summed E-state index contributed by atoms with van der Waals surface area (Å²) in [6.45, 7) is 1.22. The van der Waals surface area contributed by atoms with E-state index in [-0.39, 0.29) is 75.7 Å². The van der Waals surface area contributed by atoms with Gasteiger partial charge in [0.15, 0.2) is 11.9 Å². The Morgan fingerprint density at radius 1 is 0.515 bits per heavy atom. The van der Waals surface area contributed by atoms with Gasteiger partial charge < -0.3 is 81.6 Å². The van der Waals surface area contributed by atoms with Crippen molar-refractivity contribution in [2.45, 2.75) is 120 Å². The number of carbonyl (C=O) groups is 11. The molecule has 0 saturated heterocycles. The fourth-order valence-corrected chi connectivity index (χ4v) is 5.77. The van der Waals surface area contributed by atoms with E-state index >= 15 is 0 Å². The highest BCUT2D eigenvalue weighted by Crippen LogP contribution is 2.13. The maximum Gasteiger partial charge on any atom is 0.490 e. The fourth-order valence-electron chi connectivity index (χ4n) is 5.30. The molecule has 21 N–H and O–H groups in total. The molecule has 0 unspecified atom stereocenters. The number of amides is 8. The van der Waals surface area contributed by atoms with Crippen molar-refractivity contribution in [3.8, 4) is 0 Å². The number of primary amides is 2. The first kappa shape index (κ1) is 62.9. The van der Waals surface area contributed by atoms with Gasteiger partial charge >= 0.3 is 24.1 Å². The van der Waals surface area contributed by atoms with E-state index in [1.165, 1.54) is 11.8 Å². The highest BCUT2D eigenvalue weighted by molar-refractivity contribution is 7.98. The van der Waals surface area contributed by atoms with Gasteiger partial charge in [-0.2, -0.15) is 24.9 Å². The van der Waals surface area contributed by atoms with Crippen molar-refractivity contribution in [1.29, 1.82) is 0 Å². The van der Waals surface area contributed by atoms with Crippen LogP contribution in [-0.4, -0.2) is 160 Å². The van der Waals surface area contributed by atoms with Crippen molar-refractivity contribution in [3.63, 3.8) is 0 Å². The summed E-state index contributed by atoms with van der Waals surface area (Å²) in [5, 5.41) is 40.0. The Kier molecular flexibility index (Phi) is 30.9. The number of nitrogens with two attached hydrogens (primary N) is 6. The molecule has 0 aliphatic carbocycles. The van der Waals surface area contributed by atoms with E-state index in [1.807, 2.05) is 0 Å². The molecule has 0 saturated carbocycles. The molecule has 68 heavy (non-hydrogen) atoms. The molecule has 0 aliphatic heterocycles. The van der Waals surface area contributed by atoms with E-state index in [9.17, 15) is 66.2 Å². The summed E-state index contributed by atoms with van der Waals surface area (Å²) >= 11 is 1.27. The zero-order valence-electron chi connectivity index (χ0n) is 37.1. The first-order valence-electron chi connectivity index (χ1n) is 20.2. The first-order valence-corrected chi connectivity index (χ1v) is 21.6. The molecule has 8 amide bonds. The normalized spacial score (nSPS) is 13.3. The summed E-state index contributed by atoms with van der Waals surface area (Å²) in [5.74, 6) is -12.8. The third-order valence-corrected chi connectivity index (χ3v) is 9.25. The van der Waals surface area contributed by atoms with Crippen LogP contribution in [0.25, 0.3) is 0 Å². The van der Waals surface area contributed by atoms with Crippen molar-refractivity contribution in [2.75, 3.05) is 25.1 Å². The lowest BCUT2D eigenvalue weighted by Gasteiger charge is -2.27. The molecule has 0 aromatic heterocycles. The number of nitrogens with one attached hydrogen (secondary N) is 6. The summed E-state index contributed by atoms with van der Waals surface area (Å²) in [6, 6.07) is -8.59. The number of aliphatic carboxylic acids is 3. The van der Waals surface area contributed by atoms with Gasteiger partial charge in [-0.3, -0.25) is 57.9 Å². The molecule has 0 aromatic carbocycles. The maximum absolute atomic E-state index is 13.8. The van der Waals surface area contributed by atoms with Gasteiger partial charge in [0, 0.05) is 39.3 Å². The van der Waals surface area contributed by atoms with Crippen LogP contribution in [0, 0.1) is 0 Å². The molecule has 386 valence electrons.